The highest BCUT2D eigenvalue weighted by Gasteiger charge is 2.12. The molecule has 1 aliphatic rings. The molecule has 22 heavy (non-hydrogen) atoms. The Hall–Kier alpha value is -2.49. The van der Waals surface area contributed by atoms with E-state index in [0.29, 0.717) is 6.54 Å². The fourth-order valence-electron chi connectivity index (χ4n) is 2.85. The molecule has 0 saturated heterocycles. The van der Waals surface area contributed by atoms with Gasteiger partial charge < -0.3 is 15.4 Å². The molecule has 2 aromatic rings. The lowest BCUT2D eigenvalue weighted by Crippen LogP contribution is -2.28. The first-order valence-corrected chi connectivity index (χ1v) is 7.55. The lowest BCUT2D eigenvalue weighted by Gasteiger charge is -2.11. The van der Waals surface area contributed by atoms with Crippen molar-refractivity contribution in [2.24, 2.45) is 0 Å². The minimum atomic E-state index is -0.205. The summed E-state index contributed by atoms with van der Waals surface area (Å²) in [5.74, 6) is 0.778. The number of hydrogen-bond donors (Lipinski definition) is 2. The summed E-state index contributed by atoms with van der Waals surface area (Å²) in [6, 6.07) is 13.6. The predicted molar refractivity (Wildman–Crippen MR) is 87.3 cm³/mol. The fraction of sp³-hybridized carbons (Fsp3) is 0.278. The van der Waals surface area contributed by atoms with Crippen LogP contribution >= 0.6 is 0 Å². The summed E-state index contributed by atoms with van der Waals surface area (Å²) in [6.07, 6.45) is 3.46. The van der Waals surface area contributed by atoms with Crippen LogP contribution in [0.15, 0.2) is 42.5 Å². The van der Waals surface area contributed by atoms with Crippen LogP contribution in [-0.2, 0) is 19.4 Å². The molecule has 1 aliphatic carbocycles. The third-order valence-electron chi connectivity index (χ3n) is 3.99. The molecule has 0 atom stereocenters. The first-order chi connectivity index (χ1) is 10.8. The van der Waals surface area contributed by atoms with E-state index in [2.05, 4.69) is 22.8 Å². The van der Waals surface area contributed by atoms with E-state index in [1.807, 2.05) is 30.3 Å². The van der Waals surface area contributed by atoms with Gasteiger partial charge in [-0.05, 0) is 48.6 Å². The van der Waals surface area contributed by atoms with Crippen molar-refractivity contribution in [2.75, 3.05) is 12.4 Å². The van der Waals surface area contributed by atoms with Gasteiger partial charge in [-0.25, -0.2) is 4.79 Å². The van der Waals surface area contributed by atoms with E-state index in [4.69, 9.17) is 4.74 Å². The molecular formula is C18H20N2O2. The molecular weight excluding hydrogens is 276 g/mol. The van der Waals surface area contributed by atoms with Gasteiger partial charge in [-0.2, -0.15) is 0 Å². The quantitative estimate of drug-likeness (QED) is 0.907. The van der Waals surface area contributed by atoms with E-state index in [1.165, 1.54) is 17.5 Å². The first kappa shape index (κ1) is 14.4. The van der Waals surface area contributed by atoms with Gasteiger partial charge in [-0.1, -0.05) is 24.3 Å². The van der Waals surface area contributed by atoms with Crippen molar-refractivity contribution in [3.63, 3.8) is 0 Å². The van der Waals surface area contributed by atoms with Crippen LogP contribution in [0, 0.1) is 0 Å². The first-order valence-electron chi connectivity index (χ1n) is 7.55. The minimum Gasteiger partial charge on any atom is -0.496 e. The molecule has 2 aromatic carbocycles. The average Bonchev–Trinajstić information content (AvgIpc) is 3.01. The summed E-state index contributed by atoms with van der Waals surface area (Å²) in [5, 5.41) is 5.75. The highest BCUT2D eigenvalue weighted by atomic mass is 16.5. The minimum absolute atomic E-state index is 0.205. The topological polar surface area (TPSA) is 50.4 Å². The summed E-state index contributed by atoms with van der Waals surface area (Å²) in [5.41, 5.74) is 4.55. The molecule has 2 N–H and O–H groups in total. The molecule has 0 radical (unpaired) electrons. The number of amides is 2. The number of carbonyl (C=O) groups is 1. The van der Waals surface area contributed by atoms with Gasteiger partial charge in [-0.15, -0.1) is 0 Å². The number of benzene rings is 2. The molecule has 0 fully saturated rings. The van der Waals surface area contributed by atoms with E-state index in [-0.39, 0.29) is 6.03 Å². The van der Waals surface area contributed by atoms with Gasteiger partial charge in [0, 0.05) is 17.8 Å². The highest BCUT2D eigenvalue weighted by molar-refractivity contribution is 5.89. The van der Waals surface area contributed by atoms with Crippen molar-refractivity contribution in [1.29, 1.82) is 0 Å². The van der Waals surface area contributed by atoms with Crippen LogP contribution in [0.2, 0.25) is 0 Å². The molecule has 0 saturated carbocycles. The number of aryl methyl sites for hydroxylation is 2. The molecule has 0 heterocycles. The van der Waals surface area contributed by atoms with Crippen molar-refractivity contribution in [2.45, 2.75) is 25.8 Å². The number of nitrogens with one attached hydrogen (secondary N) is 2. The monoisotopic (exact) mass is 296 g/mol. The van der Waals surface area contributed by atoms with Gasteiger partial charge in [0.2, 0.25) is 0 Å². The second-order valence-corrected chi connectivity index (χ2v) is 5.46. The van der Waals surface area contributed by atoms with Crippen molar-refractivity contribution in [1.82, 2.24) is 5.32 Å². The van der Waals surface area contributed by atoms with E-state index in [0.717, 1.165) is 29.8 Å². The zero-order valence-electron chi connectivity index (χ0n) is 12.7. The number of methoxy groups -OCH3 is 1. The largest absolute Gasteiger partial charge is 0.496 e. The van der Waals surface area contributed by atoms with Crippen molar-refractivity contribution >= 4 is 11.7 Å². The Morgan fingerprint density at radius 3 is 2.82 bits per heavy atom. The number of anilines is 1. The van der Waals surface area contributed by atoms with E-state index in [1.54, 1.807) is 7.11 Å². The molecule has 0 spiro atoms. The predicted octanol–water partition coefficient (Wildman–Crippen LogP) is 3.51. The van der Waals surface area contributed by atoms with Crippen molar-refractivity contribution in [3.05, 3.63) is 59.2 Å². The molecule has 0 aliphatic heterocycles. The number of ether oxygens (including phenoxy) is 1. The molecule has 114 valence electrons. The Morgan fingerprint density at radius 2 is 1.95 bits per heavy atom. The number of hydrogen-bond acceptors (Lipinski definition) is 2. The molecule has 4 nitrogen and oxygen atoms in total. The third kappa shape index (κ3) is 3.22. The summed E-state index contributed by atoms with van der Waals surface area (Å²) < 4.78 is 5.27. The second-order valence-electron chi connectivity index (χ2n) is 5.46. The van der Waals surface area contributed by atoms with Gasteiger partial charge in [0.1, 0.15) is 5.75 Å². The van der Waals surface area contributed by atoms with Crippen LogP contribution in [0.3, 0.4) is 0 Å². The smallest absolute Gasteiger partial charge is 0.319 e. The lowest BCUT2D eigenvalue weighted by molar-refractivity contribution is 0.251. The normalized spacial score (nSPS) is 12.6. The van der Waals surface area contributed by atoms with Gasteiger partial charge in [-0.3, -0.25) is 0 Å². The fourth-order valence-corrected chi connectivity index (χ4v) is 2.85. The molecule has 0 aromatic heterocycles. The summed E-state index contributed by atoms with van der Waals surface area (Å²) in [6.45, 7) is 0.431. The Bertz CT molecular complexity index is 683. The third-order valence-corrected chi connectivity index (χ3v) is 3.99. The van der Waals surface area contributed by atoms with Gasteiger partial charge >= 0.3 is 6.03 Å². The van der Waals surface area contributed by atoms with Crippen molar-refractivity contribution < 1.29 is 9.53 Å². The molecule has 0 bridgehead atoms. The maximum absolute atomic E-state index is 12.0. The van der Waals surface area contributed by atoms with E-state index in [9.17, 15) is 4.79 Å². The Kier molecular flexibility index (Phi) is 4.28. The van der Waals surface area contributed by atoms with Crippen LogP contribution in [0.25, 0.3) is 0 Å². The van der Waals surface area contributed by atoms with Crippen molar-refractivity contribution in [3.8, 4) is 5.75 Å². The second kappa shape index (κ2) is 6.52. The number of rotatable bonds is 4. The van der Waals surface area contributed by atoms with E-state index < -0.39 is 0 Å². The van der Waals surface area contributed by atoms with Gasteiger partial charge in [0.25, 0.3) is 0 Å². The number of fused-ring (bicyclic) bond motifs is 1. The van der Waals surface area contributed by atoms with Crippen LogP contribution in [-0.4, -0.2) is 13.1 Å². The van der Waals surface area contributed by atoms with Crippen LogP contribution in [0.1, 0.15) is 23.1 Å². The van der Waals surface area contributed by atoms with Gasteiger partial charge in [0.15, 0.2) is 0 Å². The summed E-state index contributed by atoms with van der Waals surface area (Å²) in [4.78, 5) is 12.0. The van der Waals surface area contributed by atoms with Crippen LogP contribution in [0.4, 0.5) is 10.5 Å². The van der Waals surface area contributed by atoms with E-state index >= 15 is 0 Å². The number of urea groups is 1. The Balaban J connectivity index is 1.58. The van der Waals surface area contributed by atoms with Gasteiger partial charge in [0.05, 0.1) is 7.11 Å². The highest BCUT2D eigenvalue weighted by Crippen LogP contribution is 2.24. The standard InChI is InChI=1S/C18H20N2O2/c1-22-17-8-3-2-5-15(17)12-19-18(21)20-16-10-9-13-6-4-7-14(13)11-16/h2-3,5,8-11H,4,6-7,12H2,1H3,(H2,19,20,21). The summed E-state index contributed by atoms with van der Waals surface area (Å²) in [7, 11) is 1.63. The molecule has 4 heteroatoms. The van der Waals surface area contributed by atoms with Crippen LogP contribution in [0.5, 0.6) is 5.75 Å². The number of carbonyl (C=O) groups excluding carboxylic acids is 1. The van der Waals surface area contributed by atoms with Crippen LogP contribution < -0.4 is 15.4 Å². The lowest BCUT2D eigenvalue weighted by atomic mass is 10.1. The number of para-hydroxylation sites is 1. The zero-order chi connectivity index (χ0) is 15.4. The molecule has 2 amide bonds. The molecule has 0 unspecified atom stereocenters. The SMILES string of the molecule is COc1ccccc1CNC(=O)Nc1ccc2c(c1)CCC2. The maximum atomic E-state index is 12.0. The summed E-state index contributed by atoms with van der Waals surface area (Å²) >= 11 is 0. The Labute approximate surface area is 130 Å². The Morgan fingerprint density at radius 1 is 1.14 bits per heavy atom. The zero-order valence-corrected chi connectivity index (χ0v) is 12.7. The molecule has 3 rings (SSSR count). The maximum Gasteiger partial charge on any atom is 0.319 e. The average molecular weight is 296 g/mol.